The quantitative estimate of drug-likeness (QED) is 0.162. The Bertz CT molecular complexity index is 1650. The zero-order chi connectivity index (χ0) is 32.2. The van der Waals surface area contributed by atoms with Crippen molar-refractivity contribution in [3.8, 4) is 17.0 Å². The van der Waals surface area contributed by atoms with E-state index in [1.807, 2.05) is 6.26 Å². The number of aliphatic hydroxyl groups is 2. The van der Waals surface area contributed by atoms with E-state index in [4.69, 9.17) is 9.47 Å². The van der Waals surface area contributed by atoms with Gasteiger partial charge in [-0.15, -0.1) is 11.8 Å². The molecule has 2 aliphatic rings. The summed E-state index contributed by atoms with van der Waals surface area (Å²) in [5.74, 6) is -0.225. The minimum absolute atomic E-state index is 0.0129. The Morgan fingerprint density at radius 3 is 2.85 bits per heavy atom. The SMILES string of the molecule is CSc1ccc(OC(F)F)c(-c2nn(CC(=O)N3CCC(N4CCO[C@H](CO)C4)CC3)cc2NC(O)c2cnn3cccnc23)c1. The second kappa shape index (κ2) is 14.3. The van der Waals surface area contributed by atoms with Gasteiger partial charge in [-0.25, -0.2) is 9.50 Å². The van der Waals surface area contributed by atoms with Crippen molar-refractivity contribution in [2.45, 2.75) is 49.3 Å². The molecular weight excluding hydrogens is 622 g/mol. The number of nitrogens with zero attached hydrogens (tertiary/aromatic N) is 7. The molecule has 2 fully saturated rings. The lowest BCUT2D eigenvalue weighted by Crippen LogP contribution is -2.53. The van der Waals surface area contributed by atoms with Gasteiger partial charge < -0.3 is 29.9 Å². The summed E-state index contributed by atoms with van der Waals surface area (Å²) in [6, 6.07) is 6.83. The highest BCUT2D eigenvalue weighted by Crippen LogP contribution is 2.38. The fourth-order valence-corrected chi connectivity index (χ4v) is 6.43. The van der Waals surface area contributed by atoms with Crippen LogP contribution >= 0.6 is 11.8 Å². The van der Waals surface area contributed by atoms with Crippen LogP contribution in [-0.2, 0) is 16.1 Å². The van der Waals surface area contributed by atoms with E-state index in [1.54, 1.807) is 41.7 Å². The number of nitrogens with one attached hydrogen (secondary N) is 1. The third-order valence-corrected chi connectivity index (χ3v) is 9.04. The number of carbonyl (C=O) groups is 1. The molecule has 0 spiro atoms. The molecule has 0 aliphatic carbocycles. The number of fused-ring (bicyclic) bond motifs is 1. The van der Waals surface area contributed by atoms with Gasteiger partial charge in [-0.2, -0.15) is 19.0 Å². The maximum atomic E-state index is 13.5. The highest BCUT2D eigenvalue weighted by atomic mass is 32.2. The van der Waals surface area contributed by atoms with Crippen LogP contribution in [0, 0.1) is 0 Å². The van der Waals surface area contributed by atoms with Crippen molar-refractivity contribution in [2.24, 2.45) is 0 Å². The van der Waals surface area contributed by atoms with Crippen LogP contribution in [0.5, 0.6) is 5.75 Å². The number of thioether (sulfide) groups is 1. The minimum atomic E-state index is -3.07. The number of aliphatic hydroxyl groups excluding tert-OH is 2. The zero-order valence-electron chi connectivity index (χ0n) is 25.2. The monoisotopic (exact) mass is 658 g/mol. The number of piperidine rings is 1. The fraction of sp³-hybridized carbons (Fsp3) is 0.467. The van der Waals surface area contributed by atoms with Gasteiger partial charge in [0.05, 0.1) is 36.8 Å². The van der Waals surface area contributed by atoms with Crippen molar-refractivity contribution in [1.29, 1.82) is 0 Å². The van der Waals surface area contributed by atoms with Gasteiger partial charge >= 0.3 is 6.61 Å². The van der Waals surface area contributed by atoms with Crippen molar-refractivity contribution in [1.82, 2.24) is 34.2 Å². The highest BCUT2D eigenvalue weighted by Gasteiger charge is 2.31. The summed E-state index contributed by atoms with van der Waals surface area (Å²) in [6.45, 7) is 0.0320. The summed E-state index contributed by atoms with van der Waals surface area (Å²) in [7, 11) is 0. The molecule has 13 nitrogen and oxygen atoms in total. The Morgan fingerprint density at radius 1 is 1.26 bits per heavy atom. The summed E-state index contributed by atoms with van der Waals surface area (Å²) in [4.78, 5) is 22.7. The molecule has 2 saturated heterocycles. The van der Waals surface area contributed by atoms with Crippen molar-refractivity contribution >= 4 is 29.0 Å². The number of rotatable bonds is 11. The van der Waals surface area contributed by atoms with Crippen LogP contribution in [0.3, 0.4) is 0 Å². The summed E-state index contributed by atoms with van der Waals surface area (Å²) in [5, 5.41) is 32.6. The number of alkyl halides is 2. The van der Waals surface area contributed by atoms with Gasteiger partial charge in [0.15, 0.2) is 11.9 Å². The lowest BCUT2D eigenvalue weighted by atomic mass is 10.0. The first kappa shape index (κ1) is 32.1. The number of likely N-dealkylation sites (tertiary alicyclic amines) is 1. The molecule has 1 amide bonds. The van der Waals surface area contributed by atoms with Gasteiger partial charge in [0.1, 0.15) is 18.0 Å². The van der Waals surface area contributed by atoms with Crippen LogP contribution in [-0.4, -0.2) is 115 Å². The summed E-state index contributed by atoms with van der Waals surface area (Å²) in [5.41, 5.74) is 1.64. The lowest BCUT2D eigenvalue weighted by molar-refractivity contribution is -0.134. The first-order chi connectivity index (χ1) is 22.3. The van der Waals surface area contributed by atoms with Crippen LogP contribution in [0.4, 0.5) is 14.5 Å². The largest absolute Gasteiger partial charge is 0.434 e. The molecule has 1 aromatic carbocycles. The Kier molecular flexibility index (Phi) is 9.98. The molecule has 3 N–H and O–H groups in total. The number of ether oxygens (including phenoxy) is 2. The Hall–Kier alpha value is -3.83. The van der Waals surface area contributed by atoms with Gasteiger partial charge in [0, 0.05) is 61.3 Å². The molecule has 246 valence electrons. The third-order valence-electron chi connectivity index (χ3n) is 8.32. The normalized spacial score (nSPS) is 18.7. The first-order valence-electron chi connectivity index (χ1n) is 15.0. The standard InChI is InChI=1S/C30H36F2N8O5S/c1-46-21-3-4-25(45-30(31)32)22(13-21)27-24(35-29(43)23-14-34-40-8-2-7-33-28(23)40)16-39(36-27)17-26(42)37-9-5-19(6-10-37)38-11-12-44-20(15-38)18-41/h2-4,7-8,13-14,16,19-20,29-30,35,41,43H,5-6,9-12,15,17-18H2,1H3/t20-,29?/m0/s1. The molecule has 2 atom stereocenters. The second-order valence-corrected chi connectivity index (χ2v) is 12.0. The van der Waals surface area contributed by atoms with E-state index in [2.05, 4.69) is 25.4 Å². The molecule has 46 heavy (non-hydrogen) atoms. The van der Waals surface area contributed by atoms with Crippen LogP contribution in [0.25, 0.3) is 16.9 Å². The van der Waals surface area contributed by atoms with Crippen molar-refractivity contribution in [3.05, 3.63) is 54.6 Å². The van der Waals surface area contributed by atoms with E-state index in [9.17, 15) is 23.8 Å². The Labute approximate surface area is 268 Å². The average Bonchev–Trinajstić information content (AvgIpc) is 3.68. The number of benzene rings is 1. The molecule has 1 unspecified atom stereocenters. The maximum absolute atomic E-state index is 13.5. The number of aromatic nitrogens is 5. The van der Waals surface area contributed by atoms with E-state index < -0.39 is 12.8 Å². The van der Waals surface area contributed by atoms with Crippen LogP contribution in [0.1, 0.15) is 24.6 Å². The van der Waals surface area contributed by atoms with Gasteiger partial charge in [0.25, 0.3) is 0 Å². The van der Waals surface area contributed by atoms with Gasteiger partial charge in [-0.05, 0) is 43.4 Å². The molecule has 16 heteroatoms. The smallest absolute Gasteiger partial charge is 0.387 e. The summed E-state index contributed by atoms with van der Waals surface area (Å²) in [6.07, 6.45) is 8.33. The van der Waals surface area contributed by atoms with E-state index in [0.717, 1.165) is 24.3 Å². The maximum Gasteiger partial charge on any atom is 0.387 e. The Balaban J connectivity index is 1.24. The topological polar surface area (TPSA) is 143 Å². The van der Waals surface area contributed by atoms with Crippen molar-refractivity contribution in [3.63, 3.8) is 0 Å². The molecule has 5 heterocycles. The Morgan fingerprint density at radius 2 is 2.09 bits per heavy atom. The summed E-state index contributed by atoms with van der Waals surface area (Å²) < 4.78 is 40.2. The molecular formula is C30H36F2N8O5S. The van der Waals surface area contributed by atoms with Gasteiger partial charge in [0.2, 0.25) is 5.91 Å². The van der Waals surface area contributed by atoms with Crippen LogP contribution in [0.2, 0.25) is 0 Å². The predicted octanol–water partition coefficient (Wildman–Crippen LogP) is 2.70. The number of hydrogen-bond acceptors (Lipinski definition) is 11. The molecule has 3 aromatic heterocycles. The lowest BCUT2D eigenvalue weighted by Gasteiger charge is -2.42. The number of hydrogen-bond donors (Lipinski definition) is 3. The number of anilines is 1. The molecule has 6 rings (SSSR count). The molecule has 0 radical (unpaired) electrons. The fourth-order valence-electron chi connectivity index (χ4n) is 5.99. The number of morpholine rings is 1. The number of amides is 1. The molecule has 4 aromatic rings. The van der Waals surface area contributed by atoms with Crippen molar-refractivity contribution < 1.29 is 33.3 Å². The van der Waals surface area contributed by atoms with Crippen molar-refractivity contribution in [2.75, 3.05) is 51.0 Å². The summed E-state index contributed by atoms with van der Waals surface area (Å²) >= 11 is 1.42. The second-order valence-electron chi connectivity index (χ2n) is 11.1. The first-order valence-corrected chi connectivity index (χ1v) is 16.2. The van der Waals surface area contributed by atoms with Gasteiger partial charge in [-0.1, -0.05) is 0 Å². The van der Waals surface area contributed by atoms with E-state index in [1.165, 1.54) is 33.2 Å². The van der Waals surface area contributed by atoms with Crippen LogP contribution in [0.15, 0.2) is 53.9 Å². The number of halogens is 2. The number of carbonyl (C=O) groups excluding carboxylic acids is 1. The third kappa shape index (κ3) is 7.10. The van der Waals surface area contributed by atoms with Gasteiger partial charge in [-0.3, -0.25) is 14.4 Å². The molecule has 0 bridgehead atoms. The molecule has 2 aliphatic heterocycles. The van der Waals surface area contributed by atoms with E-state index in [-0.39, 0.29) is 42.2 Å². The highest BCUT2D eigenvalue weighted by molar-refractivity contribution is 7.98. The van der Waals surface area contributed by atoms with E-state index in [0.29, 0.717) is 49.2 Å². The van der Waals surface area contributed by atoms with E-state index >= 15 is 0 Å². The van der Waals surface area contributed by atoms with Crippen LogP contribution < -0.4 is 10.1 Å². The molecule has 0 saturated carbocycles. The minimum Gasteiger partial charge on any atom is -0.434 e. The zero-order valence-corrected chi connectivity index (χ0v) is 26.0. The average molecular weight is 659 g/mol. The predicted molar refractivity (Wildman–Crippen MR) is 166 cm³/mol.